The van der Waals surface area contributed by atoms with Gasteiger partial charge in [0.05, 0.1) is 0 Å². The Morgan fingerprint density at radius 2 is 2.17 bits per heavy atom. The lowest BCUT2D eigenvalue weighted by molar-refractivity contribution is -0.117. The van der Waals surface area contributed by atoms with Gasteiger partial charge in [-0.25, -0.2) is 0 Å². The molecule has 1 aliphatic rings. The molecule has 0 bridgehead atoms. The van der Waals surface area contributed by atoms with E-state index < -0.39 is 0 Å². The summed E-state index contributed by atoms with van der Waals surface area (Å²) in [6, 6.07) is 11.8. The number of hydrogen-bond acceptors (Lipinski definition) is 3. The molecule has 0 unspecified atom stereocenters. The molecule has 1 amide bonds. The molecule has 0 aliphatic heterocycles. The van der Waals surface area contributed by atoms with Crippen LogP contribution in [0.15, 0.2) is 40.9 Å². The summed E-state index contributed by atoms with van der Waals surface area (Å²) in [6.45, 7) is 1.80. The molecule has 2 atom stereocenters. The summed E-state index contributed by atoms with van der Waals surface area (Å²) < 4.78 is 4.91. The molecule has 0 saturated heterocycles. The minimum atomic E-state index is 0.0251. The van der Waals surface area contributed by atoms with Crippen molar-refractivity contribution in [1.29, 1.82) is 0 Å². The molecule has 1 fully saturated rings. The Kier molecular flexibility index (Phi) is 2.63. The summed E-state index contributed by atoms with van der Waals surface area (Å²) in [4.78, 5) is 12.0. The van der Waals surface area contributed by atoms with Crippen LogP contribution in [0.3, 0.4) is 0 Å². The van der Waals surface area contributed by atoms with Gasteiger partial charge in [0.25, 0.3) is 0 Å². The Bertz CT molecular complexity index is 562. The second-order valence-corrected chi connectivity index (χ2v) is 4.67. The zero-order valence-electron chi connectivity index (χ0n) is 10.1. The molecule has 4 heteroatoms. The third kappa shape index (κ3) is 2.14. The summed E-state index contributed by atoms with van der Waals surface area (Å²) in [5, 5.41) is 6.54. The van der Waals surface area contributed by atoms with E-state index in [2.05, 4.69) is 22.6 Å². The SMILES string of the molecule is Cc1cc(NC(=O)[C@@H]2C[C@H]2c2ccccc2)no1. The Hall–Kier alpha value is -2.10. The minimum Gasteiger partial charge on any atom is -0.360 e. The van der Waals surface area contributed by atoms with E-state index in [-0.39, 0.29) is 11.8 Å². The van der Waals surface area contributed by atoms with Crippen LogP contribution in [0.2, 0.25) is 0 Å². The highest BCUT2D eigenvalue weighted by Crippen LogP contribution is 2.47. The van der Waals surface area contributed by atoms with Crippen molar-refractivity contribution in [3.05, 3.63) is 47.7 Å². The number of aromatic nitrogens is 1. The maximum Gasteiger partial charge on any atom is 0.229 e. The van der Waals surface area contributed by atoms with Crippen molar-refractivity contribution in [1.82, 2.24) is 5.16 Å². The summed E-state index contributed by atoms with van der Waals surface area (Å²) in [5.74, 6) is 1.62. The van der Waals surface area contributed by atoms with Crippen LogP contribution in [-0.2, 0) is 4.79 Å². The lowest BCUT2D eigenvalue weighted by Gasteiger charge is -2.00. The van der Waals surface area contributed by atoms with Crippen molar-refractivity contribution in [3.63, 3.8) is 0 Å². The van der Waals surface area contributed by atoms with Gasteiger partial charge in [0.2, 0.25) is 5.91 Å². The number of carbonyl (C=O) groups is 1. The number of nitrogens with zero attached hydrogens (tertiary/aromatic N) is 1. The lowest BCUT2D eigenvalue weighted by Crippen LogP contribution is -2.14. The van der Waals surface area contributed by atoms with Gasteiger partial charge in [-0.2, -0.15) is 0 Å². The van der Waals surface area contributed by atoms with Crippen molar-refractivity contribution < 1.29 is 9.32 Å². The van der Waals surface area contributed by atoms with E-state index in [1.54, 1.807) is 13.0 Å². The standard InChI is InChI=1S/C14H14N2O2/c1-9-7-13(16-18-9)15-14(17)12-8-11(12)10-5-3-2-4-6-10/h2-7,11-12H,8H2,1H3,(H,15,16,17)/t11-,12+/m0/s1. The van der Waals surface area contributed by atoms with Gasteiger partial charge < -0.3 is 9.84 Å². The summed E-state index contributed by atoms with van der Waals surface area (Å²) >= 11 is 0. The average Bonchev–Trinajstić information content (AvgIpc) is 3.09. The average molecular weight is 242 g/mol. The maximum atomic E-state index is 12.0. The van der Waals surface area contributed by atoms with Gasteiger partial charge in [0.15, 0.2) is 5.82 Å². The second kappa shape index (κ2) is 4.29. The number of nitrogens with one attached hydrogen (secondary N) is 1. The molecule has 1 aromatic carbocycles. The fraction of sp³-hybridized carbons (Fsp3) is 0.286. The van der Waals surface area contributed by atoms with Crippen LogP contribution in [-0.4, -0.2) is 11.1 Å². The summed E-state index contributed by atoms with van der Waals surface area (Å²) in [5.41, 5.74) is 1.23. The first-order valence-corrected chi connectivity index (χ1v) is 6.03. The van der Waals surface area contributed by atoms with E-state index in [0.29, 0.717) is 17.5 Å². The van der Waals surface area contributed by atoms with Gasteiger partial charge in [-0.05, 0) is 24.8 Å². The molecule has 92 valence electrons. The highest BCUT2D eigenvalue weighted by Gasteiger charge is 2.43. The van der Waals surface area contributed by atoms with Gasteiger partial charge in [-0.3, -0.25) is 4.79 Å². The molecule has 2 aromatic rings. The van der Waals surface area contributed by atoms with Crippen molar-refractivity contribution >= 4 is 11.7 Å². The van der Waals surface area contributed by atoms with Crippen LogP contribution < -0.4 is 5.32 Å². The first kappa shape index (κ1) is 11.0. The largest absolute Gasteiger partial charge is 0.360 e. The minimum absolute atomic E-state index is 0.0251. The zero-order valence-corrected chi connectivity index (χ0v) is 10.1. The summed E-state index contributed by atoms with van der Waals surface area (Å²) in [6.07, 6.45) is 0.909. The van der Waals surface area contributed by atoms with E-state index in [1.807, 2.05) is 18.2 Å². The molecule has 4 nitrogen and oxygen atoms in total. The Balaban J connectivity index is 1.63. The molecule has 1 aromatic heterocycles. The van der Waals surface area contributed by atoms with Crippen molar-refractivity contribution in [3.8, 4) is 0 Å². The number of amides is 1. The van der Waals surface area contributed by atoms with E-state index in [4.69, 9.17) is 4.52 Å². The topological polar surface area (TPSA) is 55.1 Å². The van der Waals surface area contributed by atoms with E-state index in [9.17, 15) is 4.79 Å². The van der Waals surface area contributed by atoms with Crippen LogP contribution in [0.25, 0.3) is 0 Å². The maximum absolute atomic E-state index is 12.0. The fourth-order valence-electron chi connectivity index (χ4n) is 2.20. The number of benzene rings is 1. The van der Waals surface area contributed by atoms with Gasteiger partial charge in [-0.1, -0.05) is 35.5 Å². The highest BCUT2D eigenvalue weighted by atomic mass is 16.5. The number of carbonyl (C=O) groups excluding carboxylic acids is 1. The van der Waals surface area contributed by atoms with E-state index in [1.165, 1.54) is 5.56 Å². The zero-order chi connectivity index (χ0) is 12.5. The van der Waals surface area contributed by atoms with Crippen molar-refractivity contribution in [2.24, 2.45) is 5.92 Å². The normalized spacial score (nSPS) is 21.6. The van der Waals surface area contributed by atoms with E-state index >= 15 is 0 Å². The third-order valence-electron chi connectivity index (χ3n) is 3.23. The first-order chi connectivity index (χ1) is 8.74. The van der Waals surface area contributed by atoms with Gasteiger partial charge >= 0.3 is 0 Å². The number of rotatable bonds is 3. The van der Waals surface area contributed by atoms with Crippen LogP contribution >= 0.6 is 0 Å². The molecule has 1 heterocycles. The lowest BCUT2D eigenvalue weighted by atomic mass is 10.1. The van der Waals surface area contributed by atoms with Gasteiger partial charge in [0.1, 0.15) is 5.76 Å². The predicted octanol–water partition coefficient (Wildman–Crippen LogP) is 2.73. The predicted molar refractivity (Wildman–Crippen MR) is 67.2 cm³/mol. The molecule has 1 aliphatic carbocycles. The van der Waals surface area contributed by atoms with Crippen LogP contribution in [0.5, 0.6) is 0 Å². The third-order valence-corrected chi connectivity index (χ3v) is 3.23. The van der Waals surface area contributed by atoms with Gasteiger partial charge in [-0.15, -0.1) is 0 Å². The molecule has 1 N–H and O–H groups in total. The number of anilines is 1. The van der Waals surface area contributed by atoms with Crippen LogP contribution in [0, 0.1) is 12.8 Å². The smallest absolute Gasteiger partial charge is 0.229 e. The number of hydrogen-bond donors (Lipinski definition) is 1. The highest BCUT2D eigenvalue weighted by molar-refractivity contribution is 5.94. The quantitative estimate of drug-likeness (QED) is 0.900. The van der Waals surface area contributed by atoms with Crippen LogP contribution in [0.1, 0.15) is 23.7 Å². The van der Waals surface area contributed by atoms with Crippen LogP contribution in [0.4, 0.5) is 5.82 Å². The monoisotopic (exact) mass is 242 g/mol. The molecular formula is C14H14N2O2. The van der Waals surface area contributed by atoms with Crippen molar-refractivity contribution in [2.75, 3.05) is 5.32 Å². The first-order valence-electron chi connectivity index (χ1n) is 6.03. The Labute approximate surface area is 105 Å². The molecule has 3 rings (SSSR count). The second-order valence-electron chi connectivity index (χ2n) is 4.67. The van der Waals surface area contributed by atoms with Gasteiger partial charge in [0, 0.05) is 12.0 Å². The molecule has 0 spiro atoms. The number of aryl methyl sites for hydroxylation is 1. The summed E-state index contributed by atoms with van der Waals surface area (Å²) in [7, 11) is 0. The Morgan fingerprint density at radius 1 is 1.39 bits per heavy atom. The molecule has 1 saturated carbocycles. The Morgan fingerprint density at radius 3 is 2.83 bits per heavy atom. The fourth-order valence-corrected chi connectivity index (χ4v) is 2.20. The van der Waals surface area contributed by atoms with E-state index in [0.717, 1.165) is 6.42 Å². The molecule has 0 radical (unpaired) electrons. The van der Waals surface area contributed by atoms with Crippen molar-refractivity contribution in [2.45, 2.75) is 19.3 Å². The molecule has 18 heavy (non-hydrogen) atoms. The molecular weight excluding hydrogens is 228 g/mol.